The Morgan fingerprint density at radius 3 is 2.31 bits per heavy atom. The van der Waals surface area contributed by atoms with Crippen molar-refractivity contribution in [3.05, 3.63) is 108 Å². The smallest absolute Gasteiger partial charge is 0.321 e. The standard InChI is InChI=1S/C30H22F3N7O2/c1-2-39-17-24(27(38-39)29(42)34-21-10-4-3-5-11-21)36-28(41)23-16-26-35-22(15-25(30(31,32)33)40(26)37-23)20-13-12-18-8-6-7-9-19(18)14-20/h3-17H,2H2,1H3,(H,34,42)(H,36,41). The normalized spacial score (nSPS) is 11.6. The average Bonchev–Trinajstić information content (AvgIpc) is 3.60. The summed E-state index contributed by atoms with van der Waals surface area (Å²) in [6.07, 6.45) is -3.32. The second-order valence-corrected chi connectivity index (χ2v) is 9.41. The number of hydrogen-bond acceptors (Lipinski definition) is 5. The zero-order valence-corrected chi connectivity index (χ0v) is 22.1. The number of hydrogen-bond donors (Lipinski definition) is 2. The number of para-hydroxylation sites is 1. The fourth-order valence-corrected chi connectivity index (χ4v) is 4.52. The molecule has 9 nitrogen and oxygen atoms in total. The van der Waals surface area contributed by atoms with E-state index in [1.165, 1.54) is 16.9 Å². The number of nitrogens with zero attached hydrogens (tertiary/aromatic N) is 5. The SMILES string of the molecule is CCn1cc(NC(=O)c2cc3nc(-c4ccc5ccccc5c4)cc(C(F)(F)F)n3n2)c(C(=O)Nc2ccccc2)n1. The molecule has 0 unspecified atom stereocenters. The number of halogens is 3. The van der Waals surface area contributed by atoms with Crippen LogP contribution in [0.15, 0.2) is 91.1 Å². The number of rotatable bonds is 6. The van der Waals surface area contributed by atoms with Gasteiger partial charge in [0.2, 0.25) is 0 Å². The van der Waals surface area contributed by atoms with Crippen molar-refractivity contribution >= 4 is 39.6 Å². The van der Waals surface area contributed by atoms with Crippen LogP contribution in [-0.4, -0.2) is 36.2 Å². The Labute approximate surface area is 236 Å². The molecule has 0 bridgehead atoms. The molecule has 3 aromatic carbocycles. The van der Waals surface area contributed by atoms with Crippen molar-refractivity contribution in [2.75, 3.05) is 10.6 Å². The lowest BCUT2D eigenvalue weighted by Gasteiger charge is -2.11. The first-order valence-corrected chi connectivity index (χ1v) is 12.9. The highest BCUT2D eigenvalue weighted by molar-refractivity contribution is 6.11. The average molecular weight is 570 g/mol. The van der Waals surface area contributed by atoms with Crippen LogP contribution in [0.25, 0.3) is 27.7 Å². The van der Waals surface area contributed by atoms with E-state index in [1.54, 1.807) is 55.5 Å². The van der Waals surface area contributed by atoms with Crippen LogP contribution in [-0.2, 0) is 12.7 Å². The number of carbonyl (C=O) groups excluding carboxylic acids is 2. The minimum Gasteiger partial charge on any atom is -0.321 e. The maximum Gasteiger partial charge on any atom is 0.433 e. The minimum absolute atomic E-state index is 0.0643. The van der Waals surface area contributed by atoms with Crippen molar-refractivity contribution in [2.24, 2.45) is 0 Å². The van der Waals surface area contributed by atoms with Gasteiger partial charge < -0.3 is 10.6 Å². The van der Waals surface area contributed by atoms with Gasteiger partial charge in [0.05, 0.1) is 11.4 Å². The first kappa shape index (κ1) is 26.7. The summed E-state index contributed by atoms with van der Waals surface area (Å²) in [5.74, 6) is -1.40. The molecule has 0 atom stereocenters. The fraction of sp³-hybridized carbons (Fsp3) is 0.100. The summed E-state index contributed by atoms with van der Waals surface area (Å²) in [7, 11) is 0. The van der Waals surface area contributed by atoms with Gasteiger partial charge >= 0.3 is 6.18 Å². The monoisotopic (exact) mass is 569 g/mol. The predicted molar refractivity (Wildman–Crippen MR) is 151 cm³/mol. The number of aryl methyl sites for hydroxylation is 1. The number of nitrogens with one attached hydrogen (secondary N) is 2. The molecule has 0 saturated heterocycles. The van der Waals surface area contributed by atoms with Crippen LogP contribution >= 0.6 is 0 Å². The highest BCUT2D eigenvalue weighted by Crippen LogP contribution is 2.33. The lowest BCUT2D eigenvalue weighted by atomic mass is 10.0. The summed E-state index contributed by atoms with van der Waals surface area (Å²) in [5, 5.41) is 15.2. The lowest BCUT2D eigenvalue weighted by molar-refractivity contribution is -0.142. The minimum atomic E-state index is -4.78. The zero-order valence-electron chi connectivity index (χ0n) is 22.1. The Morgan fingerprint density at radius 2 is 1.57 bits per heavy atom. The third kappa shape index (κ3) is 5.17. The van der Waals surface area contributed by atoms with E-state index >= 15 is 0 Å². The lowest BCUT2D eigenvalue weighted by Crippen LogP contribution is -2.18. The molecule has 0 radical (unpaired) electrons. The third-order valence-electron chi connectivity index (χ3n) is 6.58. The molecule has 0 saturated carbocycles. The second kappa shape index (κ2) is 10.5. The summed E-state index contributed by atoms with van der Waals surface area (Å²) < 4.78 is 44.5. The van der Waals surface area contributed by atoms with Crippen LogP contribution in [0.5, 0.6) is 0 Å². The third-order valence-corrected chi connectivity index (χ3v) is 6.58. The van der Waals surface area contributed by atoms with E-state index in [0.717, 1.165) is 16.8 Å². The Hall–Kier alpha value is -5.52. The first-order chi connectivity index (χ1) is 20.2. The summed E-state index contributed by atoms with van der Waals surface area (Å²) in [6.45, 7) is 2.21. The number of alkyl halides is 3. The van der Waals surface area contributed by atoms with Crippen LogP contribution in [0.2, 0.25) is 0 Å². The van der Waals surface area contributed by atoms with Gasteiger partial charge in [-0.2, -0.15) is 23.4 Å². The molecule has 6 aromatic rings. The van der Waals surface area contributed by atoms with Gasteiger partial charge in [-0.1, -0.05) is 54.6 Å². The van der Waals surface area contributed by atoms with Crippen molar-refractivity contribution < 1.29 is 22.8 Å². The van der Waals surface area contributed by atoms with Crippen LogP contribution in [0, 0.1) is 0 Å². The molecule has 2 amide bonds. The quantitative estimate of drug-likeness (QED) is 0.245. The Morgan fingerprint density at radius 1 is 0.833 bits per heavy atom. The van der Waals surface area contributed by atoms with E-state index in [9.17, 15) is 22.8 Å². The van der Waals surface area contributed by atoms with Crippen molar-refractivity contribution in [1.82, 2.24) is 24.4 Å². The van der Waals surface area contributed by atoms with Crippen molar-refractivity contribution in [3.63, 3.8) is 0 Å². The Kier molecular flexibility index (Phi) is 6.65. The van der Waals surface area contributed by atoms with Crippen molar-refractivity contribution in [3.8, 4) is 11.3 Å². The number of aromatic nitrogens is 5. The largest absolute Gasteiger partial charge is 0.433 e. The van der Waals surface area contributed by atoms with Crippen molar-refractivity contribution in [2.45, 2.75) is 19.6 Å². The molecule has 0 aliphatic rings. The van der Waals surface area contributed by atoms with Gasteiger partial charge in [0.25, 0.3) is 11.8 Å². The number of amides is 2. The number of benzene rings is 3. The van der Waals surface area contributed by atoms with Gasteiger partial charge in [0, 0.05) is 30.1 Å². The van der Waals surface area contributed by atoms with Gasteiger partial charge in [0.1, 0.15) is 0 Å². The maximum absolute atomic E-state index is 14.1. The van der Waals surface area contributed by atoms with Crippen molar-refractivity contribution in [1.29, 1.82) is 0 Å². The highest BCUT2D eigenvalue weighted by Gasteiger charge is 2.36. The van der Waals surface area contributed by atoms with Gasteiger partial charge in [-0.3, -0.25) is 14.3 Å². The fourth-order valence-electron chi connectivity index (χ4n) is 4.52. The number of anilines is 2. The molecular weight excluding hydrogens is 547 g/mol. The molecule has 42 heavy (non-hydrogen) atoms. The van der Waals surface area contributed by atoms with E-state index in [4.69, 9.17) is 0 Å². The molecule has 210 valence electrons. The molecule has 12 heteroatoms. The second-order valence-electron chi connectivity index (χ2n) is 9.41. The van der Waals surface area contributed by atoms with E-state index in [1.807, 2.05) is 24.3 Å². The molecule has 6 rings (SSSR count). The van der Waals surface area contributed by atoms with Crippen LogP contribution in [0.3, 0.4) is 0 Å². The van der Waals surface area contributed by atoms with E-state index in [0.29, 0.717) is 22.3 Å². The molecule has 3 heterocycles. The molecule has 2 N–H and O–H groups in total. The van der Waals surface area contributed by atoms with Crippen LogP contribution < -0.4 is 10.6 Å². The summed E-state index contributed by atoms with van der Waals surface area (Å²) in [6, 6.07) is 23.5. The van der Waals surface area contributed by atoms with Gasteiger partial charge in [-0.15, -0.1) is 0 Å². The molecule has 0 aliphatic heterocycles. The maximum atomic E-state index is 14.1. The molecule has 0 aliphatic carbocycles. The van der Waals surface area contributed by atoms with Gasteiger partial charge in [0.15, 0.2) is 22.7 Å². The van der Waals surface area contributed by atoms with Crippen LogP contribution in [0.4, 0.5) is 24.5 Å². The first-order valence-electron chi connectivity index (χ1n) is 12.9. The molecule has 0 fully saturated rings. The summed E-state index contributed by atoms with van der Waals surface area (Å²) in [5.41, 5.74) is -0.465. The van der Waals surface area contributed by atoms with Gasteiger partial charge in [-0.25, -0.2) is 9.50 Å². The topological polar surface area (TPSA) is 106 Å². The Bertz CT molecular complexity index is 1960. The summed E-state index contributed by atoms with van der Waals surface area (Å²) >= 11 is 0. The summed E-state index contributed by atoms with van der Waals surface area (Å²) in [4.78, 5) is 30.5. The van der Waals surface area contributed by atoms with E-state index in [-0.39, 0.29) is 28.4 Å². The van der Waals surface area contributed by atoms with E-state index < -0.39 is 23.7 Å². The molecular formula is C30H22F3N7O2. The number of carbonyl (C=O) groups is 2. The van der Waals surface area contributed by atoms with Crippen LogP contribution in [0.1, 0.15) is 33.6 Å². The van der Waals surface area contributed by atoms with E-state index in [2.05, 4.69) is 25.8 Å². The number of fused-ring (bicyclic) bond motifs is 2. The molecule has 0 spiro atoms. The predicted octanol–water partition coefficient (Wildman–Crippen LogP) is 6.29. The van der Waals surface area contributed by atoms with Gasteiger partial charge in [-0.05, 0) is 42.0 Å². The highest BCUT2D eigenvalue weighted by atomic mass is 19.4. The molecule has 3 aromatic heterocycles. The Balaban J connectivity index is 1.35. The zero-order chi connectivity index (χ0) is 29.4.